The van der Waals surface area contributed by atoms with Crippen molar-refractivity contribution in [2.24, 2.45) is 5.73 Å². The van der Waals surface area contributed by atoms with Crippen LogP contribution in [-0.2, 0) is 0 Å². The molecule has 2 aromatic carbocycles. The van der Waals surface area contributed by atoms with E-state index in [4.69, 9.17) is 34.9 Å². The Morgan fingerprint density at radius 1 is 1.24 bits per heavy atom. The molecular formula is C21H23LiN6O4S2. The number of aromatic carboxylic acids is 1. The van der Waals surface area contributed by atoms with Gasteiger partial charge in [0.2, 0.25) is 0 Å². The van der Waals surface area contributed by atoms with Crippen LogP contribution >= 0.6 is 24.4 Å². The van der Waals surface area contributed by atoms with Gasteiger partial charge in [-0.3, -0.25) is 14.8 Å². The molecule has 2 atom stereocenters. The molecule has 1 saturated heterocycles. The summed E-state index contributed by atoms with van der Waals surface area (Å²) in [6.45, 7) is 0.643. The molecule has 174 valence electrons. The van der Waals surface area contributed by atoms with Gasteiger partial charge in [0, 0.05) is 23.9 Å². The number of carboxylic acids is 1. The summed E-state index contributed by atoms with van der Waals surface area (Å²) in [5.74, 6) is -0.873. The minimum atomic E-state index is -1.32. The van der Waals surface area contributed by atoms with Crippen molar-refractivity contribution in [3.8, 4) is 11.4 Å². The minimum Gasteiger partial charge on any atom is -0.545 e. The Hall–Kier alpha value is -2.59. The summed E-state index contributed by atoms with van der Waals surface area (Å²) < 4.78 is 8.40. The van der Waals surface area contributed by atoms with Gasteiger partial charge in [-0.05, 0) is 67.6 Å². The number of hydrogen-bond donors (Lipinski definition) is 5. The first-order chi connectivity index (χ1) is 15.8. The van der Waals surface area contributed by atoms with Gasteiger partial charge in [0.1, 0.15) is 11.9 Å². The number of nitrogens with zero attached hydrogens (tertiary/aromatic N) is 2. The number of H-pyrrole nitrogens is 2. The third kappa shape index (κ3) is 5.55. The molecule has 1 aliphatic rings. The van der Waals surface area contributed by atoms with Crippen LogP contribution in [0.25, 0.3) is 5.69 Å². The van der Waals surface area contributed by atoms with E-state index in [9.17, 15) is 15.0 Å². The van der Waals surface area contributed by atoms with Crippen LogP contribution in [0.15, 0.2) is 42.5 Å². The first-order valence-electron chi connectivity index (χ1n) is 10.3. The normalized spacial score (nSPS) is 17.6. The monoisotopic (exact) mass is 494 g/mol. The Bertz CT molecular complexity index is 1250. The zero-order valence-corrected chi connectivity index (χ0v) is 20.1. The van der Waals surface area contributed by atoms with Gasteiger partial charge in [0.05, 0.1) is 23.4 Å². The van der Waals surface area contributed by atoms with Crippen molar-refractivity contribution >= 4 is 41.8 Å². The van der Waals surface area contributed by atoms with Crippen molar-refractivity contribution in [3.05, 3.63) is 57.6 Å². The first kappa shape index (κ1) is 26.0. The average Bonchev–Trinajstić information content (AvgIpc) is 3.13. The van der Waals surface area contributed by atoms with Crippen LogP contribution in [0, 0.1) is 9.54 Å². The number of rotatable bonds is 7. The summed E-state index contributed by atoms with van der Waals surface area (Å²) in [5, 5.41) is 30.5. The maximum atomic E-state index is 11.6. The predicted octanol–water partition coefficient (Wildman–Crippen LogP) is -1.35. The smallest absolute Gasteiger partial charge is 0.545 e. The zero-order valence-electron chi connectivity index (χ0n) is 18.5. The summed E-state index contributed by atoms with van der Waals surface area (Å²) in [4.78, 5) is 13.3. The van der Waals surface area contributed by atoms with Gasteiger partial charge in [0.25, 0.3) is 0 Å². The summed E-state index contributed by atoms with van der Waals surface area (Å²) in [6, 6.07) is 12.0. The van der Waals surface area contributed by atoms with Crippen LogP contribution < -0.4 is 44.7 Å². The van der Waals surface area contributed by atoms with Crippen molar-refractivity contribution in [2.45, 2.75) is 25.1 Å². The number of carboxylic acid groups (broad SMARTS) is 1. The van der Waals surface area contributed by atoms with Crippen molar-refractivity contribution in [3.63, 3.8) is 0 Å². The quantitative estimate of drug-likeness (QED) is 0.153. The SMILES string of the molecule is NC1C(O)CCCN1c1cc(OCNc2cccc(-n3c(=S)[nH][nH]c3=S)c2)ccc1C(=O)[O-].[Li+]. The minimum absolute atomic E-state index is 0. The number of nitrogens with one attached hydrogen (secondary N) is 3. The molecule has 1 aromatic heterocycles. The fraction of sp³-hybridized carbons (Fsp3) is 0.286. The average molecular weight is 495 g/mol. The van der Waals surface area contributed by atoms with E-state index in [1.165, 1.54) is 6.07 Å². The van der Waals surface area contributed by atoms with E-state index in [1.807, 2.05) is 24.3 Å². The van der Waals surface area contributed by atoms with E-state index in [0.717, 1.165) is 11.4 Å². The summed E-state index contributed by atoms with van der Waals surface area (Å²) in [7, 11) is 0. The van der Waals surface area contributed by atoms with E-state index in [2.05, 4.69) is 15.5 Å². The molecule has 0 spiro atoms. The second kappa shape index (κ2) is 11.2. The maximum Gasteiger partial charge on any atom is 1.00 e. The fourth-order valence-corrected chi connectivity index (χ4v) is 4.35. The Kier molecular flexibility index (Phi) is 8.59. The summed E-state index contributed by atoms with van der Waals surface area (Å²) in [5.41, 5.74) is 8.02. The van der Waals surface area contributed by atoms with Gasteiger partial charge in [0.15, 0.2) is 16.3 Å². The van der Waals surface area contributed by atoms with Crippen LogP contribution in [0.2, 0.25) is 0 Å². The Balaban J connectivity index is 0.00000324. The van der Waals surface area contributed by atoms with Gasteiger partial charge >= 0.3 is 18.9 Å². The van der Waals surface area contributed by atoms with E-state index in [-0.39, 0.29) is 31.2 Å². The molecule has 2 unspecified atom stereocenters. The van der Waals surface area contributed by atoms with Gasteiger partial charge < -0.3 is 35.7 Å². The van der Waals surface area contributed by atoms with Crippen molar-refractivity contribution < 1.29 is 38.6 Å². The third-order valence-corrected chi connectivity index (χ3v) is 6.02. The Labute approximate surface area is 217 Å². The molecule has 0 amide bonds. The fourth-order valence-electron chi connectivity index (χ4n) is 3.79. The van der Waals surface area contributed by atoms with Crippen molar-refractivity contribution in [1.82, 2.24) is 14.8 Å². The number of aromatic amines is 2. The molecule has 2 heterocycles. The molecule has 6 N–H and O–H groups in total. The van der Waals surface area contributed by atoms with E-state index < -0.39 is 18.2 Å². The number of aliphatic hydroxyl groups excluding tert-OH is 1. The molecule has 0 saturated carbocycles. The number of carbonyl (C=O) groups is 1. The van der Waals surface area contributed by atoms with Crippen LogP contribution in [0.5, 0.6) is 5.75 Å². The van der Waals surface area contributed by atoms with Crippen LogP contribution in [-0.4, -0.2) is 51.4 Å². The molecule has 0 bridgehead atoms. The number of aromatic nitrogens is 3. The number of nitrogens with two attached hydrogens (primary N) is 1. The van der Waals surface area contributed by atoms with Crippen molar-refractivity contribution in [1.29, 1.82) is 0 Å². The Morgan fingerprint density at radius 3 is 2.68 bits per heavy atom. The number of piperidine rings is 1. The number of aliphatic hydroxyl groups is 1. The molecular weight excluding hydrogens is 471 g/mol. The van der Waals surface area contributed by atoms with Gasteiger partial charge in [-0.2, -0.15) is 0 Å². The van der Waals surface area contributed by atoms with E-state index in [0.29, 0.717) is 40.4 Å². The van der Waals surface area contributed by atoms with E-state index >= 15 is 0 Å². The molecule has 1 aliphatic heterocycles. The van der Waals surface area contributed by atoms with Gasteiger partial charge in [-0.15, -0.1) is 0 Å². The van der Waals surface area contributed by atoms with Crippen LogP contribution in [0.4, 0.5) is 11.4 Å². The second-order valence-electron chi connectivity index (χ2n) is 7.57. The summed E-state index contributed by atoms with van der Waals surface area (Å²) in [6.07, 6.45) is -0.191. The largest absolute Gasteiger partial charge is 1.00 e. The third-order valence-electron chi connectivity index (χ3n) is 5.45. The van der Waals surface area contributed by atoms with Gasteiger partial charge in [-0.25, -0.2) is 0 Å². The molecule has 3 aromatic rings. The number of hydrogen-bond acceptors (Lipinski definition) is 9. The predicted molar refractivity (Wildman–Crippen MR) is 127 cm³/mol. The van der Waals surface area contributed by atoms with Crippen molar-refractivity contribution in [2.75, 3.05) is 23.5 Å². The van der Waals surface area contributed by atoms with Crippen LogP contribution in [0.3, 0.4) is 0 Å². The topological polar surface area (TPSA) is 147 Å². The number of carbonyl (C=O) groups excluding carboxylic acids is 1. The molecule has 4 rings (SSSR count). The van der Waals surface area contributed by atoms with Crippen LogP contribution in [0.1, 0.15) is 23.2 Å². The molecule has 0 radical (unpaired) electrons. The number of benzene rings is 2. The number of ether oxygens (including phenoxy) is 1. The van der Waals surface area contributed by atoms with E-state index in [1.54, 1.807) is 21.6 Å². The summed E-state index contributed by atoms with van der Waals surface area (Å²) >= 11 is 10.5. The first-order valence-corrected chi connectivity index (χ1v) is 11.1. The molecule has 1 fully saturated rings. The maximum absolute atomic E-state index is 11.6. The Morgan fingerprint density at radius 2 is 1.97 bits per heavy atom. The molecule has 13 heteroatoms. The second-order valence-corrected chi connectivity index (χ2v) is 8.34. The number of anilines is 2. The zero-order chi connectivity index (χ0) is 23.5. The molecule has 0 aliphatic carbocycles. The molecule has 34 heavy (non-hydrogen) atoms. The standard InChI is InChI=1S/C21H24N6O4S2.Li/c22-18-17(28)5-2-8-26(18)16-10-14(6-7-15(16)19(29)30)31-11-23-12-3-1-4-13(9-12)27-20(32)24-25-21(27)33;/h1,3-4,6-7,9-10,17-18,23,28H,2,5,8,11,22H2,(H,24,32)(H,25,33)(H,29,30);/q;+1/p-1. The molecule has 10 nitrogen and oxygen atoms in total. The van der Waals surface area contributed by atoms with Gasteiger partial charge in [-0.1, -0.05) is 6.07 Å².